The first-order valence-corrected chi connectivity index (χ1v) is 11.3. The number of guanidine groups is 1. The van der Waals surface area contributed by atoms with Crippen LogP contribution in [0.25, 0.3) is 0 Å². The first-order chi connectivity index (χ1) is 15.1. The Bertz CT molecular complexity index is 851. The minimum Gasteiger partial charge on any atom is -0.497 e. The number of likely N-dealkylation sites (tertiary alicyclic amines) is 1. The van der Waals surface area contributed by atoms with Gasteiger partial charge in [0.2, 0.25) is 11.8 Å². The van der Waals surface area contributed by atoms with Gasteiger partial charge in [0.25, 0.3) is 0 Å². The second-order valence-electron chi connectivity index (χ2n) is 8.47. The van der Waals surface area contributed by atoms with Crippen molar-refractivity contribution in [1.29, 1.82) is 0 Å². The van der Waals surface area contributed by atoms with Gasteiger partial charge in [-0.15, -0.1) is 0 Å². The number of aliphatic imine (C=N–C) groups is 1. The number of allylic oxidation sites excluding steroid dienone is 2. The Morgan fingerprint density at radius 2 is 1.90 bits per heavy atom. The Labute approximate surface area is 183 Å². The van der Waals surface area contributed by atoms with Crippen molar-refractivity contribution in [3.63, 3.8) is 0 Å². The molecule has 4 unspecified atom stereocenters. The van der Waals surface area contributed by atoms with Crippen LogP contribution < -0.4 is 15.4 Å². The first-order valence-electron chi connectivity index (χ1n) is 11.3. The van der Waals surface area contributed by atoms with Crippen molar-refractivity contribution in [3.8, 4) is 5.75 Å². The van der Waals surface area contributed by atoms with E-state index in [1.54, 1.807) is 7.11 Å². The molecule has 1 heterocycles. The molecule has 2 aliphatic carbocycles. The molecule has 1 aliphatic heterocycles. The van der Waals surface area contributed by atoms with Gasteiger partial charge in [0.1, 0.15) is 5.75 Å². The molecule has 166 valence electrons. The molecule has 1 aromatic carbocycles. The van der Waals surface area contributed by atoms with Crippen LogP contribution in [-0.4, -0.2) is 56.0 Å². The fraction of sp³-hybridized carbons (Fsp3) is 0.542. The van der Waals surface area contributed by atoms with Crippen molar-refractivity contribution in [2.45, 2.75) is 26.2 Å². The highest BCUT2D eigenvalue weighted by Gasteiger charge is 2.58. The van der Waals surface area contributed by atoms with Gasteiger partial charge in [-0.3, -0.25) is 19.5 Å². The number of carbonyl (C=O) groups is 2. The average Bonchev–Trinajstić information content (AvgIpc) is 3.46. The standard InChI is InChI=1S/C24H32N4O3/c1-3-25-24(27-12-10-16-6-4-7-19(14-16)31-2)26-11-5-13-28-22(29)20-17-8-9-18(15-17)21(20)23(28)30/h4,6-9,14,17-18,20-21H,3,5,10-13,15H2,1-2H3,(H2,25,26,27). The number of nitrogens with one attached hydrogen (secondary N) is 2. The molecule has 0 radical (unpaired) electrons. The molecule has 2 fully saturated rings. The van der Waals surface area contributed by atoms with Crippen LogP contribution in [0.15, 0.2) is 41.4 Å². The van der Waals surface area contributed by atoms with Crippen LogP contribution in [-0.2, 0) is 16.0 Å². The van der Waals surface area contributed by atoms with Gasteiger partial charge in [-0.2, -0.15) is 0 Å². The lowest BCUT2D eigenvalue weighted by molar-refractivity contribution is -0.140. The van der Waals surface area contributed by atoms with Crippen LogP contribution in [0.5, 0.6) is 5.75 Å². The van der Waals surface area contributed by atoms with E-state index in [1.807, 2.05) is 25.1 Å². The summed E-state index contributed by atoms with van der Waals surface area (Å²) in [5.41, 5.74) is 1.20. The van der Waals surface area contributed by atoms with Crippen LogP contribution >= 0.6 is 0 Å². The van der Waals surface area contributed by atoms with Crippen LogP contribution in [0.3, 0.4) is 0 Å². The van der Waals surface area contributed by atoms with E-state index in [-0.39, 0.29) is 35.5 Å². The smallest absolute Gasteiger partial charge is 0.233 e. The van der Waals surface area contributed by atoms with Gasteiger partial charge >= 0.3 is 0 Å². The first kappa shape index (κ1) is 21.4. The summed E-state index contributed by atoms with van der Waals surface area (Å²) in [6, 6.07) is 8.04. The number of imide groups is 1. The summed E-state index contributed by atoms with van der Waals surface area (Å²) >= 11 is 0. The third-order valence-electron chi connectivity index (χ3n) is 6.56. The fourth-order valence-electron chi connectivity index (χ4n) is 5.10. The van der Waals surface area contributed by atoms with E-state index in [0.717, 1.165) is 37.6 Å². The minimum absolute atomic E-state index is 0.0270. The Kier molecular flexibility index (Phi) is 6.59. The fourth-order valence-corrected chi connectivity index (χ4v) is 5.10. The van der Waals surface area contributed by atoms with Crippen LogP contribution in [0.2, 0.25) is 0 Å². The van der Waals surface area contributed by atoms with Gasteiger partial charge in [0, 0.05) is 26.2 Å². The van der Waals surface area contributed by atoms with Crippen molar-refractivity contribution < 1.29 is 14.3 Å². The van der Waals surface area contributed by atoms with Crippen LogP contribution in [0.1, 0.15) is 25.3 Å². The minimum atomic E-state index is -0.110. The molecule has 0 aromatic heterocycles. The number of ether oxygens (including phenoxy) is 1. The summed E-state index contributed by atoms with van der Waals surface area (Å²) in [5, 5.41) is 6.60. The predicted octanol–water partition coefficient (Wildman–Crippen LogP) is 1.99. The van der Waals surface area contributed by atoms with Gasteiger partial charge in [-0.25, -0.2) is 0 Å². The molecule has 31 heavy (non-hydrogen) atoms. The lowest BCUT2D eigenvalue weighted by Gasteiger charge is -2.17. The van der Waals surface area contributed by atoms with Crippen LogP contribution in [0.4, 0.5) is 0 Å². The van der Waals surface area contributed by atoms with Crippen molar-refractivity contribution >= 4 is 17.8 Å². The van der Waals surface area contributed by atoms with Gasteiger partial charge in [0.05, 0.1) is 18.9 Å². The number of hydrogen-bond donors (Lipinski definition) is 2. The number of methoxy groups -OCH3 is 1. The molecule has 2 amide bonds. The molecule has 1 saturated carbocycles. The molecular formula is C24H32N4O3. The molecule has 2 bridgehead atoms. The monoisotopic (exact) mass is 424 g/mol. The maximum absolute atomic E-state index is 12.7. The molecule has 7 nitrogen and oxygen atoms in total. The molecule has 2 N–H and O–H groups in total. The second kappa shape index (κ2) is 9.54. The van der Waals surface area contributed by atoms with Crippen molar-refractivity contribution in [1.82, 2.24) is 15.5 Å². The summed E-state index contributed by atoms with van der Waals surface area (Å²) in [5.74, 6) is 1.98. The largest absolute Gasteiger partial charge is 0.497 e. The molecule has 4 rings (SSSR count). The summed E-state index contributed by atoms with van der Waals surface area (Å²) in [6.07, 6.45) is 6.76. The van der Waals surface area contributed by atoms with E-state index >= 15 is 0 Å². The molecular weight excluding hydrogens is 392 g/mol. The Morgan fingerprint density at radius 3 is 2.58 bits per heavy atom. The van der Waals surface area contributed by atoms with Gasteiger partial charge < -0.3 is 15.4 Å². The number of hydrogen-bond acceptors (Lipinski definition) is 4. The summed E-state index contributed by atoms with van der Waals surface area (Å²) in [6.45, 7) is 4.57. The SMILES string of the molecule is CCNC(=NCCCN1C(=O)C2C3C=CC(C3)C2C1=O)NCCc1cccc(OC)c1. The predicted molar refractivity (Wildman–Crippen MR) is 120 cm³/mol. The molecule has 0 spiro atoms. The summed E-state index contributed by atoms with van der Waals surface area (Å²) < 4.78 is 5.27. The molecule has 1 saturated heterocycles. The molecule has 1 aromatic rings. The van der Waals surface area contributed by atoms with Crippen molar-refractivity contribution in [2.75, 3.05) is 33.3 Å². The van der Waals surface area contributed by atoms with Gasteiger partial charge in [-0.05, 0) is 55.7 Å². The number of benzene rings is 1. The second-order valence-corrected chi connectivity index (χ2v) is 8.47. The Balaban J connectivity index is 1.24. The molecule has 7 heteroatoms. The maximum atomic E-state index is 12.7. The molecule has 3 aliphatic rings. The lowest BCUT2D eigenvalue weighted by Crippen LogP contribution is -2.38. The zero-order valence-corrected chi connectivity index (χ0v) is 18.3. The highest BCUT2D eigenvalue weighted by molar-refractivity contribution is 6.06. The lowest BCUT2D eigenvalue weighted by atomic mass is 9.85. The van der Waals surface area contributed by atoms with Crippen molar-refractivity contribution in [3.05, 3.63) is 42.0 Å². The zero-order valence-electron chi connectivity index (χ0n) is 18.3. The Morgan fingerprint density at radius 1 is 1.16 bits per heavy atom. The van der Waals surface area contributed by atoms with Crippen LogP contribution in [0, 0.1) is 23.7 Å². The zero-order chi connectivity index (χ0) is 21.8. The van der Waals surface area contributed by atoms with E-state index in [9.17, 15) is 9.59 Å². The van der Waals surface area contributed by atoms with Crippen molar-refractivity contribution in [2.24, 2.45) is 28.7 Å². The van der Waals surface area contributed by atoms with Gasteiger partial charge in [-0.1, -0.05) is 24.3 Å². The number of rotatable bonds is 9. The number of amides is 2. The highest BCUT2D eigenvalue weighted by atomic mass is 16.5. The normalized spacial score (nSPS) is 26.5. The number of fused-ring (bicyclic) bond motifs is 5. The third kappa shape index (κ3) is 4.45. The topological polar surface area (TPSA) is 83.0 Å². The van der Waals surface area contributed by atoms with E-state index in [0.29, 0.717) is 19.5 Å². The van der Waals surface area contributed by atoms with E-state index in [2.05, 4.69) is 33.8 Å². The number of nitrogens with zero attached hydrogens (tertiary/aromatic N) is 2. The Hall–Kier alpha value is -2.83. The third-order valence-corrected chi connectivity index (χ3v) is 6.56. The van der Waals surface area contributed by atoms with E-state index in [4.69, 9.17) is 4.74 Å². The number of carbonyl (C=O) groups excluding carboxylic acids is 2. The maximum Gasteiger partial charge on any atom is 0.233 e. The van der Waals surface area contributed by atoms with E-state index < -0.39 is 0 Å². The summed E-state index contributed by atoms with van der Waals surface area (Å²) in [7, 11) is 1.67. The molecule has 4 atom stereocenters. The highest BCUT2D eigenvalue weighted by Crippen LogP contribution is 2.52. The summed E-state index contributed by atoms with van der Waals surface area (Å²) in [4.78, 5) is 31.6. The quantitative estimate of drug-likeness (QED) is 0.208. The van der Waals surface area contributed by atoms with Gasteiger partial charge in [0.15, 0.2) is 5.96 Å². The van der Waals surface area contributed by atoms with E-state index in [1.165, 1.54) is 10.5 Å². The average molecular weight is 425 g/mol.